The molecule has 1 aliphatic heterocycles. The number of hydrogen-bond donors (Lipinski definition) is 1. The summed E-state index contributed by atoms with van der Waals surface area (Å²) >= 11 is 1.74. The lowest BCUT2D eigenvalue weighted by Crippen LogP contribution is -1.95. The highest BCUT2D eigenvalue weighted by molar-refractivity contribution is 7.12. The summed E-state index contributed by atoms with van der Waals surface area (Å²) < 4.78 is 16.4. The summed E-state index contributed by atoms with van der Waals surface area (Å²) in [6.07, 6.45) is 0. The molecule has 0 bridgehead atoms. The van der Waals surface area contributed by atoms with E-state index in [0.717, 1.165) is 17.1 Å². The third-order valence-corrected chi connectivity index (χ3v) is 4.35. The van der Waals surface area contributed by atoms with E-state index >= 15 is 0 Å². The zero-order valence-electron chi connectivity index (χ0n) is 11.3. The average molecular weight is 291 g/mol. The molecular weight excluding hydrogens is 274 g/mol. The average Bonchev–Trinajstić information content (AvgIpc) is 3.05. The van der Waals surface area contributed by atoms with E-state index in [1.54, 1.807) is 11.3 Å². The molecule has 0 fully saturated rings. The van der Waals surface area contributed by atoms with Crippen LogP contribution >= 0.6 is 11.3 Å². The highest BCUT2D eigenvalue weighted by atomic mass is 32.1. The first-order valence-corrected chi connectivity index (χ1v) is 7.32. The van der Waals surface area contributed by atoms with Gasteiger partial charge in [0.2, 0.25) is 6.79 Å². The first-order valence-electron chi connectivity index (χ1n) is 6.51. The van der Waals surface area contributed by atoms with Crippen LogP contribution in [0, 0.1) is 6.92 Å². The van der Waals surface area contributed by atoms with E-state index in [1.807, 2.05) is 18.2 Å². The Balaban J connectivity index is 1.58. The largest absolute Gasteiger partial charge is 0.454 e. The maximum Gasteiger partial charge on any atom is 0.231 e. The van der Waals surface area contributed by atoms with Gasteiger partial charge in [-0.05, 0) is 36.2 Å². The Morgan fingerprint density at radius 3 is 2.85 bits per heavy atom. The molecule has 0 spiro atoms. The van der Waals surface area contributed by atoms with Gasteiger partial charge in [-0.2, -0.15) is 0 Å². The Bertz CT molecular complexity index is 609. The fourth-order valence-electron chi connectivity index (χ4n) is 2.14. The Morgan fingerprint density at radius 2 is 2.05 bits per heavy atom. The number of aryl methyl sites for hydroxylation is 1. The van der Waals surface area contributed by atoms with E-state index in [0.29, 0.717) is 26.6 Å². The lowest BCUT2D eigenvalue weighted by molar-refractivity contribution is 0.107. The number of benzene rings is 1. The van der Waals surface area contributed by atoms with Crippen molar-refractivity contribution in [3.05, 3.63) is 45.1 Å². The number of rotatable bonds is 5. The van der Waals surface area contributed by atoms with Crippen LogP contribution in [0.4, 0.5) is 0 Å². The van der Waals surface area contributed by atoms with Crippen molar-refractivity contribution >= 4 is 11.3 Å². The van der Waals surface area contributed by atoms with Crippen molar-refractivity contribution in [3.8, 4) is 11.5 Å². The molecule has 1 aromatic carbocycles. The van der Waals surface area contributed by atoms with Gasteiger partial charge in [0.15, 0.2) is 11.5 Å². The summed E-state index contributed by atoms with van der Waals surface area (Å²) in [5, 5.41) is 0. The highest BCUT2D eigenvalue weighted by Gasteiger charge is 2.13. The molecule has 20 heavy (non-hydrogen) atoms. The van der Waals surface area contributed by atoms with Gasteiger partial charge in [-0.1, -0.05) is 6.07 Å². The van der Waals surface area contributed by atoms with Gasteiger partial charge in [-0.3, -0.25) is 0 Å². The minimum atomic E-state index is 0.301. The van der Waals surface area contributed by atoms with Gasteiger partial charge in [0.25, 0.3) is 0 Å². The van der Waals surface area contributed by atoms with Crippen molar-refractivity contribution in [2.75, 3.05) is 6.79 Å². The molecule has 0 amide bonds. The molecule has 106 valence electrons. The Hall–Kier alpha value is -1.56. The summed E-state index contributed by atoms with van der Waals surface area (Å²) in [5.74, 6) is 1.60. The maximum absolute atomic E-state index is 5.77. The van der Waals surface area contributed by atoms with Gasteiger partial charge in [-0.15, -0.1) is 11.3 Å². The van der Waals surface area contributed by atoms with Gasteiger partial charge >= 0.3 is 0 Å². The van der Waals surface area contributed by atoms with E-state index in [1.165, 1.54) is 15.3 Å². The molecule has 4 nitrogen and oxygen atoms in total. The topological polar surface area (TPSA) is 53.7 Å². The predicted molar refractivity (Wildman–Crippen MR) is 78.0 cm³/mol. The van der Waals surface area contributed by atoms with Gasteiger partial charge in [-0.25, -0.2) is 0 Å². The van der Waals surface area contributed by atoms with Gasteiger partial charge in [0, 0.05) is 16.3 Å². The molecule has 0 saturated carbocycles. The fraction of sp³-hybridized carbons (Fsp3) is 0.333. The van der Waals surface area contributed by atoms with Crippen molar-refractivity contribution in [3.63, 3.8) is 0 Å². The van der Waals surface area contributed by atoms with Crippen molar-refractivity contribution in [1.29, 1.82) is 0 Å². The quantitative estimate of drug-likeness (QED) is 0.920. The standard InChI is InChI=1S/C15H17NO3S/c1-10-12(5-13(6-16)20-10)8-17-7-11-2-3-14-15(4-11)19-9-18-14/h2-5H,6-9,16H2,1H3. The van der Waals surface area contributed by atoms with Crippen molar-refractivity contribution < 1.29 is 14.2 Å². The summed E-state index contributed by atoms with van der Waals surface area (Å²) in [6.45, 7) is 4.16. The van der Waals surface area contributed by atoms with Gasteiger partial charge < -0.3 is 19.9 Å². The second-order valence-electron chi connectivity index (χ2n) is 4.68. The molecule has 0 saturated heterocycles. The van der Waals surface area contributed by atoms with E-state index in [4.69, 9.17) is 19.9 Å². The van der Waals surface area contributed by atoms with Crippen LogP contribution in [0.15, 0.2) is 24.3 Å². The van der Waals surface area contributed by atoms with E-state index < -0.39 is 0 Å². The molecule has 0 radical (unpaired) electrons. The van der Waals surface area contributed by atoms with E-state index in [9.17, 15) is 0 Å². The van der Waals surface area contributed by atoms with Crippen LogP contribution in [-0.4, -0.2) is 6.79 Å². The van der Waals surface area contributed by atoms with Crippen molar-refractivity contribution in [2.24, 2.45) is 5.73 Å². The summed E-state index contributed by atoms with van der Waals surface area (Å²) in [6, 6.07) is 8.01. The number of nitrogens with two attached hydrogens (primary N) is 1. The molecule has 2 heterocycles. The number of thiophene rings is 1. The zero-order chi connectivity index (χ0) is 13.9. The third kappa shape index (κ3) is 2.80. The first kappa shape index (κ1) is 13.4. The van der Waals surface area contributed by atoms with Crippen LogP contribution in [0.3, 0.4) is 0 Å². The van der Waals surface area contributed by atoms with Crippen LogP contribution in [0.2, 0.25) is 0 Å². The van der Waals surface area contributed by atoms with Crippen LogP contribution in [0.1, 0.15) is 20.9 Å². The molecule has 3 rings (SSSR count). The first-order chi connectivity index (χ1) is 9.76. The predicted octanol–water partition coefficient (Wildman–Crippen LogP) is 2.96. The number of ether oxygens (including phenoxy) is 3. The SMILES string of the molecule is Cc1sc(CN)cc1COCc1ccc2c(c1)OCO2. The second-order valence-corrected chi connectivity index (χ2v) is 6.02. The summed E-state index contributed by atoms with van der Waals surface area (Å²) in [4.78, 5) is 2.47. The summed E-state index contributed by atoms with van der Waals surface area (Å²) in [7, 11) is 0. The molecule has 5 heteroatoms. The monoisotopic (exact) mass is 291 g/mol. The minimum absolute atomic E-state index is 0.301. The molecule has 2 aromatic rings. The van der Waals surface area contributed by atoms with Crippen molar-refractivity contribution in [2.45, 2.75) is 26.7 Å². The highest BCUT2D eigenvalue weighted by Crippen LogP contribution is 2.32. The smallest absolute Gasteiger partial charge is 0.231 e. The van der Waals surface area contributed by atoms with Crippen molar-refractivity contribution in [1.82, 2.24) is 0 Å². The number of hydrogen-bond acceptors (Lipinski definition) is 5. The normalized spacial score (nSPS) is 12.9. The van der Waals surface area contributed by atoms with Crippen LogP contribution in [0.25, 0.3) is 0 Å². The van der Waals surface area contributed by atoms with Gasteiger partial charge in [0.1, 0.15) is 0 Å². The van der Waals surface area contributed by atoms with Gasteiger partial charge in [0.05, 0.1) is 13.2 Å². The van der Waals surface area contributed by atoms with Crippen LogP contribution < -0.4 is 15.2 Å². The summed E-state index contributed by atoms with van der Waals surface area (Å²) in [5.41, 5.74) is 7.95. The molecule has 1 aromatic heterocycles. The Kier molecular flexibility index (Phi) is 3.91. The number of fused-ring (bicyclic) bond motifs is 1. The Labute approximate surface area is 122 Å². The minimum Gasteiger partial charge on any atom is -0.454 e. The molecule has 1 aliphatic rings. The van der Waals surface area contributed by atoms with Crippen LogP contribution in [0.5, 0.6) is 11.5 Å². The zero-order valence-corrected chi connectivity index (χ0v) is 12.2. The maximum atomic E-state index is 5.77. The van der Waals surface area contributed by atoms with Crippen LogP contribution in [-0.2, 0) is 24.5 Å². The Morgan fingerprint density at radius 1 is 1.20 bits per heavy atom. The second kappa shape index (κ2) is 5.83. The molecule has 0 aliphatic carbocycles. The molecule has 0 atom stereocenters. The molecule has 2 N–H and O–H groups in total. The van der Waals surface area contributed by atoms with E-state index in [-0.39, 0.29) is 0 Å². The lowest BCUT2D eigenvalue weighted by Gasteiger charge is -2.05. The lowest BCUT2D eigenvalue weighted by atomic mass is 10.2. The molecular formula is C15H17NO3S. The van der Waals surface area contributed by atoms with E-state index in [2.05, 4.69) is 13.0 Å². The molecule has 0 unspecified atom stereocenters. The third-order valence-electron chi connectivity index (χ3n) is 3.24. The fourth-order valence-corrected chi connectivity index (χ4v) is 3.07.